The van der Waals surface area contributed by atoms with Crippen LogP contribution in [0.3, 0.4) is 0 Å². The third kappa shape index (κ3) is 3.20. The molecule has 2 unspecified atom stereocenters. The second kappa shape index (κ2) is 6.92. The van der Waals surface area contributed by atoms with E-state index in [4.69, 9.17) is 0 Å². The fourth-order valence-corrected chi connectivity index (χ4v) is 4.99. The van der Waals surface area contributed by atoms with Crippen molar-refractivity contribution in [2.24, 2.45) is 11.3 Å². The average molecular weight is 383 g/mol. The van der Waals surface area contributed by atoms with E-state index in [1.165, 1.54) is 11.1 Å². The van der Waals surface area contributed by atoms with Gasteiger partial charge in [0.1, 0.15) is 0 Å². The number of aromatic nitrogens is 2. The van der Waals surface area contributed by atoms with Crippen molar-refractivity contribution in [2.45, 2.75) is 58.2 Å². The highest BCUT2D eigenvalue weighted by molar-refractivity contribution is 5.69. The Morgan fingerprint density at radius 2 is 2.07 bits per heavy atom. The smallest absolute Gasteiger partial charge is 0.407 e. The summed E-state index contributed by atoms with van der Waals surface area (Å²) in [5.41, 5.74) is 3.36. The van der Waals surface area contributed by atoms with E-state index < -0.39 is 12.2 Å². The maximum absolute atomic E-state index is 11.7. The Morgan fingerprint density at radius 3 is 2.79 bits per heavy atom. The maximum Gasteiger partial charge on any atom is 0.407 e. The number of carboxylic acid groups (broad SMARTS) is 1. The second-order valence-electron chi connectivity index (χ2n) is 9.23. The van der Waals surface area contributed by atoms with Crippen molar-refractivity contribution in [3.05, 3.63) is 42.4 Å². The van der Waals surface area contributed by atoms with E-state index >= 15 is 0 Å². The number of carbonyl (C=O) groups is 1. The molecule has 6 nitrogen and oxygen atoms in total. The summed E-state index contributed by atoms with van der Waals surface area (Å²) in [6, 6.07) is 8.30. The van der Waals surface area contributed by atoms with Crippen molar-refractivity contribution in [3.63, 3.8) is 0 Å². The Balaban J connectivity index is 1.53. The summed E-state index contributed by atoms with van der Waals surface area (Å²) in [4.78, 5) is 17.5. The first-order valence-electron chi connectivity index (χ1n) is 10.1. The molecular weight excluding hydrogens is 354 g/mol. The highest BCUT2D eigenvalue weighted by Gasteiger charge is 2.41. The van der Waals surface area contributed by atoms with Crippen molar-refractivity contribution in [3.8, 4) is 11.3 Å². The minimum atomic E-state index is -0.861. The molecule has 3 heterocycles. The highest BCUT2D eigenvalue weighted by Crippen LogP contribution is 2.43. The Kier molecular flexibility index (Phi) is 4.70. The zero-order valence-electron chi connectivity index (χ0n) is 16.7. The number of aliphatic hydroxyl groups excluding tert-OH is 1. The van der Waals surface area contributed by atoms with Gasteiger partial charge in [0, 0.05) is 18.2 Å². The number of imidazole rings is 1. The Morgan fingerprint density at radius 1 is 1.32 bits per heavy atom. The molecule has 0 saturated carbocycles. The van der Waals surface area contributed by atoms with E-state index in [2.05, 4.69) is 42.5 Å². The van der Waals surface area contributed by atoms with Crippen LogP contribution in [0, 0.1) is 11.3 Å². The number of piperidine rings is 1. The molecule has 4 rings (SSSR count). The molecule has 1 fully saturated rings. The number of rotatable bonds is 3. The van der Waals surface area contributed by atoms with Crippen LogP contribution in [0.2, 0.25) is 0 Å². The van der Waals surface area contributed by atoms with E-state index in [-0.39, 0.29) is 23.4 Å². The molecule has 0 spiro atoms. The number of benzene rings is 1. The van der Waals surface area contributed by atoms with Crippen LogP contribution in [-0.4, -0.2) is 49.4 Å². The second-order valence-corrected chi connectivity index (χ2v) is 9.23. The summed E-state index contributed by atoms with van der Waals surface area (Å²) in [7, 11) is 0. The number of aliphatic hydroxyl groups is 1. The lowest BCUT2D eigenvalue weighted by atomic mass is 9.74. The lowest BCUT2D eigenvalue weighted by molar-refractivity contribution is -0.00528. The van der Waals surface area contributed by atoms with Crippen LogP contribution >= 0.6 is 0 Å². The van der Waals surface area contributed by atoms with Gasteiger partial charge in [-0.25, -0.2) is 9.78 Å². The van der Waals surface area contributed by atoms with E-state index in [1.807, 2.05) is 24.7 Å². The largest absolute Gasteiger partial charge is 0.465 e. The van der Waals surface area contributed by atoms with Gasteiger partial charge < -0.3 is 19.7 Å². The molecule has 2 aliphatic heterocycles. The third-order valence-corrected chi connectivity index (χ3v) is 6.49. The van der Waals surface area contributed by atoms with Crippen molar-refractivity contribution in [1.29, 1.82) is 0 Å². The molecule has 2 N–H and O–H groups in total. The predicted molar refractivity (Wildman–Crippen MR) is 107 cm³/mol. The predicted octanol–water partition coefficient (Wildman–Crippen LogP) is 4.01. The molecule has 1 saturated heterocycles. The van der Waals surface area contributed by atoms with Crippen LogP contribution in [-0.2, 0) is 0 Å². The minimum absolute atomic E-state index is 0.0780. The molecule has 2 aliphatic rings. The molecule has 1 aromatic carbocycles. The van der Waals surface area contributed by atoms with Crippen LogP contribution in [0.1, 0.15) is 51.6 Å². The van der Waals surface area contributed by atoms with E-state index in [1.54, 1.807) is 4.90 Å². The molecule has 2 aromatic rings. The van der Waals surface area contributed by atoms with Gasteiger partial charge in [-0.1, -0.05) is 45.0 Å². The van der Waals surface area contributed by atoms with Crippen LogP contribution in [0.5, 0.6) is 0 Å². The lowest BCUT2D eigenvalue weighted by Gasteiger charge is -2.45. The fourth-order valence-electron chi connectivity index (χ4n) is 4.99. The molecule has 0 bridgehead atoms. The highest BCUT2D eigenvalue weighted by atomic mass is 16.4. The zero-order valence-corrected chi connectivity index (χ0v) is 16.7. The Labute approximate surface area is 165 Å². The van der Waals surface area contributed by atoms with Gasteiger partial charge in [0.2, 0.25) is 0 Å². The first-order chi connectivity index (χ1) is 13.3. The van der Waals surface area contributed by atoms with Crippen molar-refractivity contribution >= 4 is 6.09 Å². The average Bonchev–Trinajstić information content (AvgIpc) is 3.23. The minimum Gasteiger partial charge on any atom is -0.465 e. The van der Waals surface area contributed by atoms with E-state index in [0.717, 1.165) is 5.69 Å². The first-order valence-corrected chi connectivity index (χ1v) is 10.1. The van der Waals surface area contributed by atoms with Gasteiger partial charge in [-0.15, -0.1) is 0 Å². The fraction of sp³-hybridized carbons (Fsp3) is 0.545. The van der Waals surface area contributed by atoms with Gasteiger partial charge in [-0.3, -0.25) is 0 Å². The topological polar surface area (TPSA) is 78.6 Å². The van der Waals surface area contributed by atoms with Crippen LogP contribution < -0.4 is 0 Å². The maximum atomic E-state index is 11.7. The quantitative estimate of drug-likeness (QED) is 0.839. The van der Waals surface area contributed by atoms with Crippen LogP contribution in [0.15, 0.2) is 36.8 Å². The monoisotopic (exact) mass is 383 g/mol. The number of likely N-dealkylation sites (tertiary alicyclic amines) is 1. The summed E-state index contributed by atoms with van der Waals surface area (Å²) >= 11 is 0. The summed E-state index contributed by atoms with van der Waals surface area (Å²) in [6.45, 7) is 6.71. The normalized spacial score (nSPS) is 25.3. The van der Waals surface area contributed by atoms with E-state index in [0.29, 0.717) is 25.8 Å². The van der Waals surface area contributed by atoms with Gasteiger partial charge in [-0.2, -0.15) is 0 Å². The number of fused-ring (bicyclic) bond motifs is 3. The summed E-state index contributed by atoms with van der Waals surface area (Å²) < 4.78 is 2.15. The standard InChI is InChI=1S/C22H29N3O3/c1-22(2,3)20-10-14(8-9-24(20)21(27)28)19(26)11-17-15-6-4-5-7-16(15)18-12-23-13-25(17)18/h4-7,12-14,17,19-20,26H,8-11H2,1-3H3,(H,27,28)/t14?,17-,19+,20?/m1/s1. The molecule has 150 valence electrons. The van der Waals surface area contributed by atoms with E-state index in [9.17, 15) is 15.0 Å². The zero-order chi connectivity index (χ0) is 20.1. The van der Waals surface area contributed by atoms with Gasteiger partial charge in [0.25, 0.3) is 0 Å². The van der Waals surface area contributed by atoms with Gasteiger partial charge >= 0.3 is 6.09 Å². The van der Waals surface area contributed by atoms with Crippen molar-refractivity contribution in [1.82, 2.24) is 14.5 Å². The van der Waals surface area contributed by atoms with Crippen molar-refractivity contribution in [2.75, 3.05) is 6.54 Å². The SMILES string of the molecule is CC(C)(C)C1CC([C@@H](O)C[C@@H]2c3ccccc3-c3cncn32)CCN1C(=O)O. The number of amides is 1. The summed E-state index contributed by atoms with van der Waals surface area (Å²) in [5.74, 6) is 0.0968. The molecule has 6 heteroatoms. The molecule has 0 aliphatic carbocycles. The van der Waals surface area contributed by atoms with Gasteiger partial charge in [-0.05, 0) is 36.2 Å². The van der Waals surface area contributed by atoms with Gasteiger partial charge in [0.05, 0.1) is 30.4 Å². The Bertz CT molecular complexity index is 870. The molecule has 4 atom stereocenters. The molecule has 0 radical (unpaired) electrons. The molecular formula is C22H29N3O3. The van der Waals surface area contributed by atoms with Gasteiger partial charge in [0.15, 0.2) is 0 Å². The van der Waals surface area contributed by atoms with Crippen molar-refractivity contribution < 1.29 is 15.0 Å². The number of hydrogen-bond donors (Lipinski definition) is 2. The summed E-state index contributed by atoms with van der Waals surface area (Å²) in [5, 5.41) is 20.7. The summed E-state index contributed by atoms with van der Waals surface area (Å²) in [6.07, 6.45) is 4.40. The van der Waals surface area contributed by atoms with Crippen LogP contribution in [0.25, 0.3) is 11.3 Å². The number of hydrogen-bond acceptors (Lipinski definition) is 3. The molecule has 1 amide bonds. The number of nitrogens with zero attached hydrogens (tertiary/aromatic N) is 3. The lowest BCUT2D eigenvalue weighted by Crippen LogP contribution is -2.53. The molecule has 28 heavy (non-hydrogen) atoms. The Hall–Kier alpha value is -2.34. The molecule has 1 aromatic heterocycles. The first kappa shape index (κ1) is 19.0. The van der Waals surface area contributed by atoms with Crippen LogP contribution in [0.4, 0.5) is 4.79 Å². The third-order valence-electron chi connectivity index (χ3n) is 6.49.